The Labute approximate surface area is 186 Å². The number of aromatic nitrogens is 2. The van der Waals surface area contributed by atoms with Gasteiger partial charge < -0.3 is 19.7 Å². The third-order valence-corrected chi connectivity index (χ3v) is 5.73. The number of methoxy groups -OCH3 is 1. The van der Waals surface area contributed by atoms with Crippen LogP contribution in [0.15, 0.2) is 30.5 Å². The summed E-state index contributed by atoms with van der Waals surface area (Å²) in [6, 6.07) is 7.09. The Morgan fingerprint density at radius 1 is 1.09 bits per heavy atom. The monoisotopic (exact) mass is 440 g/mol. The van der Waals surface area contributed by atoms with Crippen LogP contribution in [0.3, 0.4) is 0 Å². The van der Waals surface area contributed by atoms with E-state index in [0.29, 0.717) is 29.9 Å². The van der Waals surface area contributed by atoms with Crippen molar-refractivity contribution in [3.63, 3.8) is 0 Å². The zero-order valence-electron chi connectivity index (χ0n) is 18.8. The van der Waals surface area contributed by atoms with E-state index in [1.54, 1.807) is 27.9 Å². The molecule has 2 aliphatic rings. The van der Waals surface area contributed by atoms with Crippen molar-refractivity contribution in [3.8, 4) is 0 Å². The van der Waals surface area contributed by atoms with Crippen molar-refractivity contribution in [1.29, 1.82) is 0 Å². The fourth-order valence-electron chi connectivity index (χ4n) is 3.86. The van der Waals surface area contributed by atoms with Gasteiger partial charge in [0.25, 0.3) is 5.91 Å². The van der Waals surface area contributed by atoms with E-state index in [-0.39, 0.29) is 12.5 Å². The lowest BCUT2D eigenvalue weighted by molar-refractivity contribution is 0.0192. The van der Waals surface area contributed by atoms with Crippen LogP contribution < -0.4 is 5.32 Å². The van der Waals surface area contributed by atoms with Gasteiger partial charge in [-0.05, 0) is 51.3 Å². The number of fused-ring (bicyclic) bond motifs is 1. The van der Waals surface area contributed by atoms with E-state index in [1.807, 2.05) is 32.9 Å². The molecule has 9 nitrogen and oxygen atoms in total. The van der Waals surface area contributed by atoms with Crippen molar-refractivity contribution < 1.29 is 23.9 Å². The first-order chi connectivity index (χ1) is 15.1. The van der Waals surface area contributed by atoms with Gasteiger partial charge >= 0.3 is 12.1 Å². The lowest BCUT2D eigenvalue weighted by atomic mass is 10.0. The van der Waals surface area contributed by atoms with Crippen LogP contribution in [0, 0.1) is 0 Å². The number of hydrogen-bond donors (Lipinski definition) is 1. The molecule has 170 valence electrons. The van der Waals surface area contributed by atoms with Gasteiger partial charge in [-0.15, -0.1) is 0 Å². The summed E-state index contributed by atoms with van der Waals surface area (Å²) in [6.07, 6.45) is 2.77. The van der Waals surface area contributed by atoms with Crippen LogP contribution in [0.2, 0.25) is 0 Å². The fraction of sp³-hybridized carbons (Fsp3) is 0.478. The number of ether oxygens (including phenoxy) is 2. The van der Waals surface area contributed by atoms with Gasteiger partial charge in [0.15, 0.2) is 0 Å². The molecule has 1 aromatic carbocycles. The molecule has 2 heterocycles. The van der Waals surface area contributed by atoms with Crippen LogP contribution in [0.5, 0.6) is 0 Å². The maximum atomic E-state index is 13.2. The molecule has 4 rings (SSSR count). The van der Waals surface area contributed by atoms with Gasteiger partial charge in [0, 0.05) is 6.54 Å². The Kier molecular flexibility index (Phi) is 5.44. The molecule has 1 N–H and O–H groups in total. The molecular weight excluding hydrogens is 412 g/mol. The predicted molar refractivity (Wildman–Crippen MR) is 115 cm³/mol. The molecule has 2 amide bonds. The van der Waals surface area contributed by atoms with Crippen LogP contribution in [0.1, 0.15) is 65.6 Å². The zero-order chi connectivity index (χ0) is 23.1. The highest BCUT2D eigenvalue weighted by Crippen LogP contribution is 2.45. The second-order valence-corrected chi connectivity index (χ2v) is 9.24. The second kappa shape index (κ2) is 7.96. The number of carbonyl (C=O) groups is 3. The number of esters is 1. The van der Waals surface area contributed by atoms with Crippen LogP contribution in [-0.4, -0.2) is 51.9 Å². The number of rotatable bonds is 4. The molecule has 1 aliphatic carbocycles. The van der Waals surface area contributed by atoms with E-state index in [2.05, 4.69) is 10.4 Å². The Balaban J connectivity index is 1.48. The van der Waals surface area contributed by atoms with E-state index in [1.165, 1.54) is 7.11 Å². The molecule has 0 radical (unpaired) electrons. The van der Waals surface area contributed by atoms with E-state index in [4.69, 9.17) is 9.47 Å². The highest BCUT2D eigenvalue weighted by Gasteiger charge is 2.46. The molecule has 1 fully saturated rings. The smallest absolute Gasteiger partial charge is 0.410 e. The number of amides is 2. The highest BCUT2D eigenvalue weighted by atomic mass is 16.6. The fourth-order valence-corrected chi connectivity index (χ4v) is 3.86. The standard InChI is InChI=1S/C23H28N4O5/c1-22(2,3)32-21(30)26-11-12-27-18(14-26)17(13-24-27)19(28)25-23(9-10-23)16-7-5-15(6-8-16)20(29)31-4/h5-8,13H,9-12,14H2,1-4H3,(H,25,28). The van der Waals surface area contributed by atoms with Crippen LogP contribution in [0.25, 0.3) is 0 Å². The molecule has 2 aromatic rings. The summed E-state index contributed by atoms with van der Waals surface area (Å²) in [4.78, 5) is 38.9. The number of carbonyl (C=O) groups excluding carboxylic acids is 3. The first kappa shape index (κ1) is 21.9. The van der Waals surface area contributed by atoms with E-state index in [0.717, 1.165) is 18.4 Å². The second-order valence-electron chi connectivity index (χ2n) is 9.24. The third-order valence-electron chi connectivity index (χ3n) is 5.73. The van der Waals surface area contributed by atoms with Crippen molar-refractivity contribution in [3.05, 3.63) is 52.8 Å². The molecule has 0 atom stereocenters. The average molecular weight is 441 g/mol. The average Bonchev–Trinajstić information content (AvgIpc) is 3.40. The molecule has 1 aliphatic heterocycles. The number of benzene rings is 1. The van der Waals surface area contributed by atoms with Crippen molar-refractivity contribution in [2.45, 2.75) is 57.8 Å². The summed E-state index contributed by atoms with van der Waals surface area (Å²) in [6.45, 7) is 6.71. The van der Waals surface area contributed by atoms with E-state index in [9.17, 15) is 14.4 Å². The summed E-state index contributed by atoms with van der Waals surface area (Å²) in [5.41, 5.74) is 1.50. The van der Waals surface area contributed by atoms with Gasteiger partial charge in [0.05, 0.1) is 48.8 Å². The van der Waals surface area contributed by atoms with Gasteiger partial charge in [-0.25, -0.2) is 9.59 Å². The molecule has 0 bridgehead atoms. The minimum atomic E-state index is -0.587. The summed E-state index contributed by atoms with van der Waals surface area (Å²) in [5.74, 6) is -0.627. The predicted octanol–water partition coefficient (Wildman–Crippen LogP) is 2.84. The SMILES string of the molecule is COC(=O)c1ccc(C2(NC(=O)c3cnn4c3CN(C(=O)OC(C)(C)C)CC4)CC2)cc1. The van der Waals surface area contributed by atoms with Gasteiger partial charge in [0.2, 0.25) is 0 Å². The summed E-state index contributed by atoms with van der Waals surface area (Å²) in [5, 5.41) is 7.47. The van der Waals surface area contributed by atoms with Gasteiger partial charge in [-0.1, -0.05) is 12.1 Å². The van der Waals surface area contributed by atoms with Crippen molar-refractivity contribution >= 4 is 18.0 Å². The Bertz CT molecular complexity index is 1050. The normalized spacial score (nSPS) is 16.7. The maximum Gasteiger partial charge on any atom is 0.410 e. The largest absolute Gasteiger partial charge is 0.465 e. The molecule has 0 saturated heterocycles. The molecule has 0 spiro atoms. The van der Waals surface area contributed by atoms with E-state index >= 15 is 0 Å². The summed E-state index contributed by atoms with van der Waals surface area (Å²) in [7, 11) is 1.34. The van der Waals surface area contributed by atoms with E-state index < -0.39 is 23.2 Å². The lowest BCUT2D eigenvalue weighted by Crippen LogP contribution is -2.42. The van der Waals surface area contributed by atoms with Crippen LogP contribution >= 0.6 is 0 Å². The first-order valence-corrected chi connectivity index (χ1v) is 10.7. The molecule has 0 unspecified atom stereocenters. The Morgan fingerprint density at radius 2 is 1.78 bits per heavy atom. The Hall–Kier alpha value is -3.36. The lowest BCUT2D eigenvalue weighted by Gasteiger charge is -2.30. The topological polar surface area (TPSA) is 103 Å². The Morgan fingerprint density at radius 3 is 2.38 bits per heavy atom. The number of nitrogens with one attached hydrogen (secondary N) is 1. The maximum absolute atomic E-state index is 13.2. The van der Waals surface area contributed by atoms with Crippen LogP contribution in [-0.2, 0) is 28.1 Å². The zero-order valence-corrected chi connectivity index (χ0v) is 18.8. The summed E-state index contributed by atoms with van der Waals surface area (Å²) >= 11 is 0. The number of nitrogens with zero attached hydrogens (tertiary/aromatic N) is 3. The minimum absolute atomic E-state index is 0.230. The highest BCUT2D eigenvalue weighted by molar-refractivity contribution is 5.96. The third kappa shape index (κ3) is 4.32. The van der Waals surface area contributed by atoms with Gasteiger partial charge in [0.1, 0.15) is 5.60 Å². The molecular formula is C23H28N4O5. The molecule has 1 aromatic heterocycles. The molecule has 9 heteroatoms. The van der Waals surface area contributed by atoms with Crippen LogP contribution in [0.4, 0.5) is 4.79 Å². The summed E-state index contributed by atoms with van der Waals surface area (Å²) < 4.78 is 12.0. The van der Waals surface area contributed by atoms with Gasteiger partial charge in [-0.2, -0.15) is 5.10 Å². The van der Waals surface area contributed by atoms with Crippen molar-refractivity contribution in [1.82, 2.24) is 20.0 Å². The number of hydrogen-bond acceptors (Lipinski definition) is 6. The van der Waals surface area contributed by atoms with Gasteiger partial charge in [-0.3, -0.25) is 9.48 Å². The molecule has 1 saturated carbocycles. The van der Waals surface area contributed by atoms with Crippen molar-refractivity contribution in [2.75, 3.05) is 13.7 Å². The van der Waals surface area contributed by atoms with Crippen molar-refractivity contribution in [2.24, 2.45) is 0 Å². The first-order valence-electron chi connectivity index (χ1n) is 10.7. The molecule has 32 heavy (non-hydrogen) atoms. The minimum Gasteiger partial charge on any atom is -0.465 e. The quantitative estimate of drug-likeness (QED) is 0.734.